The Hall–Kier alpha value is -1.95. The first-order chi connectivity index (χ1) is 15.5. The molecule has 2 fully saturated rings. The van der Waals surface area contributed by atoms with Crippen molar-refractivity contribution in [1.82, 2.24) is 9.97 Å². The Morgan fingerprint density at radius 3 is 2.72 bits per heavy atom. The topological polar surface area (TPSA) is 94.3 Å². The second-order valence-electron chi connectivity index (χ2n) is 7.75. The van der Waals surface area contributed by atoms with Crippen molar-refractivity contribution in [3.8, 4) is 0 Å². The number of thiophene rings is 1. The number of anilines is 2. The molecule has 32 heavy (non-hydrogen) atoms. The van der Waals surface area contributed by atoms with E-state index in [0.29, 0.717) is 24.0 Å². The molecule has 0 aliphatic carbocycles. The van der Waals surface area contributed by atoms with Crippen molar-refractivity contribution < 1.29 is 13.8 Å². The van der Waals surface area contributed by atoms with Crippen molar-refractivity contribution >= 4 is 61.8 Å². The fourth-order valence-electron chi connectivity index (χ4n) is 4.08. The molecule has 5 rings (SSSR count). The van der Waals surface area contributed by atoms with Gasteiger partial charge >= 0.3 is 0 Å². The van der Waals surface area contributed by atoms with Crippen LogP contribution < -0.4 is 9.80 Å². The summed E-state index contributed by atoms with van der Waals surface area (Å²) >= 11 is 7.60. The lowest BCUT2D eigenvalue weighted by atomic mass is 10.1. The van der Waals surface area contributed by atoms with Gasteiger partial charge in [0.1, 0.15) is 10.0 Å². The Morgan fingerprint density at radius 1 is 1.09 bits per heavy atom. The van der Waals surface area contributed by atoms with Crippen molar-refractivity contribution in [2.45, 2.75) is 17.1 Å². The standard InChI is InChI=1S/C21H24ClN5O3S2/c22-21-23-18-13-16(26-8-10-30-11-9-26)5-6-17(18)20(24-21)27-7-1-3-15(14-27)25-32(28,29)19-4-2-12-31-19/h2,4-6,12-13,28-29H,1,3,7-11,14H2. The number of ether oxygens (including phenoxy) is 1. The molecule has 170 valence electrons. The number of fused-ring (bicyclic) bond motifs is 1. The number of aromatic nitrogens is 2. The van der Waals surface area contributed by atoms with Crippen molar-refractivity contribution in [3.63, 3.8) is 0 Å². The summed E-state index contributed by atoms with van der Waals surface area (Å²) in [5.74, 6) is 0.744. The molecular formula is C21H24ClN5O3S2. The van der Waals surface area contributed by atoms with E-state index in [9.17, 15) is 9.11 Å². The molecule has 0 spiro atoms. The van der Waals surface area contributed by atoms with Gasteiger partial charge in [0.15, 0.2) is 0 Å². The predicted molar refractivity (Wildman–Crippen MR) is 132 cm³/mol. The first-order valence-electron chi connectivity index (χ1n) is 10.4. The van der Waals surface area contributed by atoms with Crippen LogP contribution >= 0.6 is 33.7 Å². The molecular weight excluding hydrogens is 470 g/mol. The van der Waals surface area contributed by atoms with Gasteiger partial charge in [0.2, 0.25) is 5.28 Å². The van der Waals surface area contributed by atoms with E-state index in [1.807, 2.05) is 17.5 Å². The molecule has 11 heteroatoms. The van der Waals surface area contributed by atoms with E-state index in [1.165, 1.54) is 11.3 Å². The van der Waals surface area contributed by atoms with Gasteiger partial charge in [-0.1, -0.05) is 10.8 Å². The molecule has 0 radical (unpaired) electrons. The number of rotatable bonds is 4. The summed E-state index contributed by atoms with van der Waals surface area (Å²) in [5, 5.41) is 2.92. The zero-order valence-electron chi connectivity index (χ0n) is 17.4. The lowest BCUT2D eigenvalue weighted by Gasteiger charge is -2.33. The number of piperidine rings is 1. The molecule has 2 aliphatic heterocycles. The van der Waals surface area contributed by atoms with Crippen LogP contribution in [0.3, 0.4) is 0 Å². The van der Waals surface area contributed by atoms with E-state index in [2.05, 4.69) is 30.2 Å². The third kappa shape index (κ3) is 4.57. The molecule has 0 saturated carbocycles. The van der Waals surface area contributed by atoms with E-state index in [0.717, 1.165) is 60.6 Å². The number of nitrogens with zero attached hydrogens (tertiary/aromatic N) is 5. The third-order valence-corrected chi connectivity index (χ3v) is 8.58. The van der Waals surface area contributed by atoms with Gasteiger partial charge in [-0.3, -0.25) is 9.11 Å². The van der Waals surface area contributed by atoms with Crippen molar-refractivity contribution in [2.75, 3.05) is 49.2 Å². The highest BCUT2D eigenvalue weighted by molar-refractivity contribution is 8.24. The normalized spacial score (nSPS) is 19.7. The average molecular weight is 494 g/mol. The highest BCUT2D eigenvalue weighted by Gasteiger charge is 2.24. The predicted octanol–water partition coefficient (Wildman–Crippen LogP) is 4.95. The maximum absolute atomic E-state index is 10.5. The summed E-state index contributed by atoms with van der Waals surface area (Å²) in [6.07, 6.45) is 1.56. The molecule has 2 aliphatic rings. The van der Waals surface area contributed by atoms with Crippen LogP contribution in [0.25, 0.3) is 10.9 Å². The minimum Gasteiger partial charge on any atom is -0.378 e. The first kappa shape index (κ1) is 21.9. The van der Waals surface area contributed by atoms with Crippen LogP contribution in [0.15, 0.2) is 44.3 Å². The molecule has 0 unspecified atom stereocenters. The van der Waals surface area contributed by atoms with Gasteiger partial charge < -0.3 is 14.5 Å². The molecule has 0 amide bonds. The number of benzene rings is 1. The Kier molecular flexibility index (Phi) is 6.24. The lowest BCUT2D eigenvalue weighted by Crippen LogP contribution is -2.37. The van der Waals surface area contributed by atoms with Gasteiger partial charge in [-0.15, -0.1) is 11.3 Å². The van der Waals surface area contributed by atoms with Crippen LogP contribution in [0.2, 0.25) is 5.28 Å². The van der Waals surface area contributed by atoms with Gasteiger partial charge in [-0.2, -0.15) is 9.38 Å². The monoisotopic (exact) mass is 493 g/mol. The van der Waals surface area contributed by atoms with Gasteiger partial charge in [-0.05, 0) is 60.2 Å². The second-order valence-corrected chi connectivity index (χ2v) is 11.0. The quantitative estimate of drug-likeness (QED) is 0.496. The number of halogens is 1. The zero-order chi connectivity index (χ0) is 22.1. The van der Waals surface area contributed by atoms with Crippen LogP contribution in [0.1, 0.15) is 12.8 Å². The zero-order valence-corrected chi connectivity index (χ0v) is 19.7. The van der Waals surface area contributed by atoms with Crippen LogP contribution in [0.4, 0.5) is 11.5 Å². The van der Waals surface area contributed by atoms with Crippen molar-refractivity contribution in [1.29, 1.82) is 0 Å². The van der Waals surface area contributed by atoms with Gasteiger partial charge in [-0.25, -0.2) is 4.98 Å². The molecule has 1 aromatic carbocycles. The summed E-state index contributed by atoms with van der Waals surface area (Å²) in [4.78, 5) is 13.4. The summed E-state index contributed by atoms with van der Waals surface area (Å²) in [6.45, 7) is 4.38. The van der Waals surface area contributed by atoms with E-state index >= 15 is 0 Å². The first-order valence-corrected chi connectivity index (χ1v) is 13.2. The summed E-state index contributed by atoms with van der Waals surface area (Å²) < 4.78 is 31.4. The third-order valence-electron chi connectivity index (χ3n) is 5.60. The molecule has 8 nitrogen and oxygen atoms in total. The fourth-order valence-corrected chi connectivity index (χ4v) is 6.36. The van der Waals surface area contributed by atoms with Crippen molar-refractivity contribution in [2.24, 2.45) is 4.40 Å². The SMILES string of the molecule is OS(O)(N=C1CCCN(c2nc(Cl)nc3cc(N4CCOCC4)ccc23)C1)c1cccs1. The summed E-state index contributed by atoms with van der Waals surface area (Å²) in [5.41, 5.74) is 2.63. The molecule has 3 aromatic rings. The fraction of sp³-hybridized carbons (Fsp3) is 0.381. The minimum atomic E-state index is -3.19. The maximum Gasteiger partial charge on any atom is 0.224 e. The minimum absolute atomic E-state index is 0.193. The van der Waals surface area contributed by atoms with Gasteiger partial charge in [0, 0.05) is 30.7 Å². The molecule has 2 N–H and O–H groups in total. The largest absolute Gasteiger partial charge is 0.378 e. The van der Waals surface area contributed by atoms with Crippen LogP contribution in [-0.4, -0.2) is 64.2 Å². The Labute approximate surface area is 197 Å². The second kappa shape index (κ2) is 9.12. The van der Waals surface area contributed by atoms with Crippen LogP contribution in [0, 0.1) is 0 Å². The Balaban J connectivity index is 1.45. The van der Waals surface area contributed by atoms with Gasteiger partial charge in [0.25, 0.3) is 0 Å². The van der Waals surface area contributed by atoms with Gasteiger partial charge in [0.05, 0.1) is 31.0 Å². The van der Waals surface area contributed by atoms with Crippen LogP contribution in [-0.2, 0) is 4.74 Å². The highest BCUT2D eigenvalue weighted by Crippen LogP contribution is 2.52. The summed E-state index contributed by atoms with van der Waals surface area (Å²) in [7, 11) is -3.19. The number of hydrogen-bond acceptors (Lipinski definition) is 9. The van der Waals surface area contributed by atoms with Crippen molar-refractivity contribution in [3.05, 3.63) is 41.0 Å². The Bertz CT molecular complexity index is 1140. The molecule has 2 saturated heterocycles. The molecule has 4 heterocycles. The number of hydrogen-bond donors (Lipinski definition) is 2. The van der Waals surface area contributed by atoms with E-state index in [-0.39, 0.29) is 5.28 Å². The average Bonchev–Trinajstić information content (AvgIpc) is 3.35. The van der Waals surface area contributed by atoms with E-state index < -0.39 is 10.8 Å². The summed E-state index contributed by atoms with van der Waals surface area (Å²) in [6, 6.07) is 9.66. The lowest BCUT2D eigenvalue weighted by molar-refractivity contribution is 0.122. The Morgan fingerprint density at radius 2 is 1.94 bits per heavy atom. The van der Waals surface area contributed by atoms with E-state index in [1.54, 1.807) is 12.1 Å². The smallest absolute Gasteiger partial charge is 0.224 e. The highest BCUT2D eigenvalue weighted by atomic mass is 35.5. The van der Waals surface area contributed by atoms with E-state index in [4.69, 9.17) is 16.3 Å². The number of morpholine rings is 1. The molecule has 0 atom stereocenters. The molecule has 0 bridgehead atoms. The maximum atomic E-state index is 10.5. The molecule has 2 aromatic heterocycles. The van der Waals surface area contributed by atoms with Crippen LogP contribution in [0.5, 0.6) is 0 Å².